The third kappa shape index (κ3) is 4.73. The second kappa shape index (κ2) is 9.43. The average Bonchev–Trinajstić information content (AvgIpc) is 2.70. The predicted octanol–water partition coefficient (Wildman–Crippen LogP) is 0.992. The van der Waals surface area contributed by atoms with Gasteiger partial charge in [-0.2, -0.15) is 0 Å². The first-order valence-electron chi connectivity index (χ1n) is 8.42. The molecule has 0 spiro atoms. The number of aliphatic hydroxyl groups excluding tert-OH is 2. The Labute approximate surface area is 162 Å². The predicted molar refractivity (Wildman–Crippen MR) is 101 cm³/mol. The highest BCUT2D eigenvalue weighted by atomic mass is 16.6. The topological polar surface area (TPSA) is 129 Å². The van der Waals surface area contributed by atoms with Crippen LogP contribution in [0.4, 0.5) is 0 Å². The summed E-state index contributed by atoms with van der Waals surface area (Å²) >= 11 is 0. The Bertz CT molecular complexity index is 816. The number of methoxy groups -OCH3 is 2. The number of hydrogen-bond acceptors (Lipinski definition) is 8. The molecule has 2 aromatic carbocycles. The second-order valence-electron chi connectivity index (χ2n) is 5.90. The maximum absolute atomic E-state index is 10.6. The van der Waals surface area contributed by atoms with Gasteiger partial charge in [0.2, 0.25) is 5.79 Å². The Morgan fingerprint density at radius 3 is 2.29 bits per heavy atom. The molecule has 0 radical (unpaired) electrons. The molecule has 0 fully saturated rings. The van der Waals surface area contributed by atoms with E-state index in [4.69, 9.17) is 19.3 Å². The molecule has 2 aromatic rings. The van der Waals surface area contributed by atoms with Gasteiger partial charge < -0.3 is 39.7 Å². The van der Waals surface area contributed by atoms with Gasteiger partial charge >= 0.3 is 0 Å². The fraction of sp³-hybridized carbons (Fsp3) is 0.300. The molecule has 0 saturated heterocycles. The van der Waals surface area contributed by atoms with E-state index in [1.165, 1.54) is 32.4 Å². The molecule has 0 aliphatic carbocycles. The van der Waals surface area contributed by atoms with Crippen molar-refractivity contribution < 1.29 is 39.7 Å². The van der Waals surface area contributed by atoms with E-state index in [0.717, 1.165) is 5.56 Å². The second-order valence-corrected chi connectivity index (χ2v) is 5.90. The minimum Gasteiger partial charge on any atom is -0.504 e. The summed E-state index contributed by atoms with van der Waals surface area (Å²) in [5, 5.41) is 49.4. The van der Waals surface area contributed by atoms with E-state index < -0.39 is 18.5 Å². The van der Waals surface area contributed by atoms with E-state index in [2.05, 4.69) is 0 Å². The maximum atomic E-state index is 10.6. The Morgan fingerprint density at radius 1 is 0.964 bits per heavy atom. The van der Waals surface area contributed by atoms with Crippen LogP contribution in [0.3, 0.4) is 0 Å². The molecule has 2 rings (SSSR count). The van der Waals surface area contributed by atoms with Gasteiger partial charge in [-0.1, -0.05) is 18.2 Å². The molecule has 8 heteroatoms. The zero-order valence-corrected chi connectivity index (χ0v) is 15.6. The summed E-state index contributed by atoms with van der Waals surface area (Å²) in [4.78, 5) is 0. The van der Waals surface area contributed by atoms with Gasteiger partial charge in [-0.15, -0.1) is 0 Å². The largest absolute Gasteiger partial charge is 0.504 e. The van der Waals surface area contributed by atoms with E-state index in [0.29, 0.717) is 5.75 Å². The van der Waals surface area contributed by atoms with Gasteiger partial charge in [-0.3, -0.25) is 0 Å². The Morgan fingerprint density at radius 2 is 1.68 bits per heavy atom. The number of aromatic hydroxyl groups is 1. The van der Waals surface area contributed by atoms with Crippen molar-refractivity contribution >= 4 is 6.08 Å². The van der Waals surface area contributed by atoms with Crippen molar-refractivity contribution in [3.05, 3.63) is 53.6 Å². The lowest BCUT2D eigenvalue weighted by Crippen LogP contribution is -2.45. The highest BCUT2D eigenvalue weighted by Crippen LogP contribution is 2.35. The quantitative estimate of drug-likeness (QED) is 0.400. The van der Waals surface area contributed by atoms with E-state index in [-0.39, 0.29) is 29.4 Å². The lowest BCUT2D eigenvalue weighted by Gasteiger charge is -2.31. The zero-order chi connectivity index (χ0) is 20.7. The molecule has 152 valence electrons. The maximum Gasteiger partial charge on any atom is 0.230 e. The molecule has 0 aromatic heterocycles. The lowest BCUT2D eigenvalue weighted by atomic mass is 9.99. The van der Waals surface area contributed by atoms with Crippen molar-refractivity contribution in [1.29, 1.82) is 0 Å². The zero-order valence-electron chi connectivity index (χ0n) is 15.6. The van der Waals surface area contributed by atoms with Gasteiger partial charge in [-0.25, -0.2) is 0 Å². The van der Waals surface area contributed by atoms with E-state index >= 15 is 0 Å². The van der Waals surface area contributed by atoms with Crippen LogP contribution in [0.15, 0.2) is 42.5 Å². The number of rotatable bonds is 9. The van der Waals surface area contributed by atoms with Gasteiger partial charge in [0.15, 0.2) is 29.1 Å². The number of ether oxygens (including phenoxy) is 3. The van der Waals surface area contributed by atoms with Crippen LogP contribution < -0.4 is 14.2 Å². The minimum atomic E-state index is -2.59. The standard InChI is InChI=1S/C20H24O8/c1-26-17-11-14(6-7-15(17)23)20(24,25)19(12-22)28-16-8-5-13(4-3-9-21)10-18(16)27-2/h3-8,10-11,19,21-25H,9,12H2,1-2H3. The summed E-state index contributed by atoms with van der Waals surface area (Å²) in [5.41, 5.74) is 0.698. The van der Waals surface area contributed by atoms with Gasteiger partial charge in [0.25, 0.3) is 0 Å². The van der Waals surface area contributed by atoms with Crippen molar-refractivity contribution in [3.8, 4) is 23.0 Å². The van der Waals surface area contributed by atoms with Crippen LogP contribution in [-0.4, -0.2) is 59.1 Å². The van der Waals surface area contributed by atoms with E-state index in [1.807, 2.05) is 0 Å². The molecule has 28 heavy (non-hydrogen) atoms. The highest BCUT2D eigenvalue weighted by molar-refractivity contribution is 5.56. The summed E-state index contributed by atoms with van der Waals surface area (Å²) in [6.07, 6.45) is 1.77. The Balaban J connectivity index is 2.33. The van der Waals surface area contributed by atoms with Crippen LogP contribution in [-0.2, 0) is 5.79 Å². The third-order valence-corrected chi connectivity index (χ3v) is 4.09. The summed E-state index contributed by atoms with van der Waals surface area (Å²) in [6.45, 7) is -0.827. The van der Waals surface area contributed by atoms with Gasteiger partial charge in [0.1, 0.15) is 0 Å². The number of phenols is 1. The summed E-state index contributed by atoms with van der Waals surface area (Å²) < 4.78 is 15.9. The normalized spacial score (nSPS) is 12.8. The molecule has 0 amide bonds. The first kappa shape index (κ1) is 21.5. The summed E-state index contributed by atoms with van der Waals surface area (Å²) in [6, 6.07) is 8.62. The SMILES string of the molecule is COc1cc(C(O)(O)C(CO)Oc2ccc(C=CCO)cc2OC)ccc1O. The molecule has 5 N–H and O–H groups in total. The summed E-state index contributed by atoms with van der Waals surface area (Å²) in [5.74, 6) is -2.23. The van der Waals surface area contributed by atoms with E-state index in [9.17, 15) is 20.4 Å². The molecule has 0 heterocycles. The first-order valence-corrected chi connectivity index (χ1v) is 8.42. The number of aliphatic hydroxyl groups is 4. The molecular weight excluding hydrogens is 368 g/mol. The Hall–Kier alpha value is -2.78. The third-order valence-electron chi connectivity index (χ3n) is 4.09. The molecule has 1 unspecified atom stereocenters. The minimum absolute atomic E-state index is 0.0392. The van der Waals surface area contributed by atoms with Crippen LogP contribution in [0.2, 0.25) is 0 Å². The van der Waals surface area contributed by atoms with E-state index in [1.54, 1.807) is 30.4 Å². The van der Waals surface area contributed by atoms with Crippen molar-refractivity contribution in [2.45, 2.75) is 11.9 Å². The molecule has 0 bridgehead atoms. The highest BCUT2D eigenvalue weighted by Gasteiger charge is 2.39. The van der Waals surface area contributed by atoms with Crippen molar-refractivity contribution in [3.63, 3.8) is 0 Å². The lowest BCUT2D eigenvalue weighted by molar-refractivity contribution is -0.234. The van der Waals surface area contributed by atoms with Crippen LogP contribution in [0, 0.1) is 0 Å². The molecular formula is C20H24O8. The first-order chi connectivity index (χ1) is 13.4. The Kier molecular flexibility index (Phi) is 7.24. The molecule has 0 aliphatic rings. The molecule has 0 aliphatic heterocycles. The number of hydrogen-bond donors (Lipinski definition) is 5. The molecule has 8 nitrogen and oxygen atoms in total. The number of benzene rings is 2. The van der Waals surface area contributed by atoms with Crippen molar-refractivity contribution in [1.82, 2.24) is 0 Å². The van der Waals surface area contributed by atoms with Crippen molar-refractivity contribution in [2.24, 2.45) is 0 Å². The van der Waals surface area contributed by atoms with Crippen LogP contribution in [0.25, 0.3) is 6.08 Å². The molecule has 0 saturated carbocycles. The van der Waals surface area contributed by atoms with Gasteiger partial charge in [0.05, 0.1) is 27.4 Å². The van der Waals surface area contributed by atoms with Crippen LogP contribution in [0.5, 0.6) is 23.0 Å². The van der Waals surface area contributed by atoms with Crippen LogP contribution in [0.1, 0.15) is 11.1 Å². The molecule has 1 atom stereocenters. The average molecular weight is 392 g/mol. The van der Waals surface area contributed by atoms with Gasteiger partial charge in [0, 0.05) is 5.56 Å². The van der Waals surface area contributed by atoms with Crippen LogP contribution >= 0.6 is 0 Å². The monoisotopic (exact) mass is 392 g/mol. The van der Waals surface area contributed by atoms with Gasteiger partial charge in [-0.05, 0) is 35.9 Å². The number of phenolic OH excluding ortho intramolecular Hbond substituents is 1. The fourth-order valence-electron chi connectivity index (χ4n) is 2.57. The van der Waals surface area contributed by atoms with Crippen molar-refractivity contribution in [2.75, 3.05) is 27.4 Å². The fourth-order valence-corrected chi connectivity index (χ4v) is 2.57. The smallest absolute Gasteiger partial charge is 0.230 e. The summed E-state index contributed by atoms with van der Waals surface area (Å²) in [7, 11) is 2.75.